The van der Waals surface area contributed by atoms with E-state index in [1.807, 2.05) is 31.8 Å². The van der Waals surface area contributed by atoms with Gasteiger partial charge in [-0.3, -0.25) is 9.08 Å². The van der Waals surface area contributed by atoms with E-state index in [0.717, 1.165) is 42.2 Å². The zero-order valence-electron chi connectivity index (χ0n) is 14.5. The Morgan fingerprint density at radius 2 is 2.27 bits per heavy atom. The van der Waals surface area contributed by atoms with Crippen molar-refractivity contribution < 1.29 is 0 Å². The van der Waals surface area contributed by atoms with Crippen molar-refractivity contribution in [2.75, 3.05) is 18.4 Å². The third kappa shape index (κ3) is 2.77. The Bertz CT molecular complexity index is 968. The molecule has 2 N–H and O–H groups in total. The molecule has 5 heterocycles. The Labute approximate surface area is 155 Å². The number of hydrogen-bond donors (Lipinski definition) is 2. The summed E-state index contributed by atoms with van der Waals surface area (Å²) in [6.45, 7) is 2.15. The summed E-state index contributed by atoms with van der Waals surface area (Å²) in [5.74, 6) is 1.38. The van der Waals surface area contributed by atoms with Gasteiger partial charge in [-0.2, -0.15) is 5.10 Å². The number of imidazole rings is 1. The molecule has 0 aliphatic carbocycles. The fraction of sp³-hybridized carbons (Fsp3) is 0.412. The SMILES string of the molecule is Cn1cc(-c2cnc3c(NC4CC(C5CCNC5)=NS4)nccn23)cn1. The van der Waals surface area contributed by atoms with Gasteiger partial charge in [0.25, 0.3) is 0 Å². The van der Waals surface area contributed by atoms with Gasteiger partial charge in [0.2, 0.25) is 0 Å². The molecular weight excluding hydrogens is 348 g/mol. The zero-order chi connectivity index (χ0) is 17.5. The predicted molar refractivity (Wildman–Crippen MR) is 103 cm³/mol. The molecule has 0 aromatic carbocycles. The minimum absolute atomic E-state index is 0.211. The summed E-state index contributed by atoms with van der Waals surface area (Å²) in [5, 5.41) is 11.4. The maximum Gasteiger partial charge on any atom is 0.180 e. The molecule has 0 amide bonds. The third-order valence-electron chi connectivity index (χ3n) is 4.95. The molecular formula is C17H20N8S. The first-order valence-corrected chi connectivity index (χ1v) is 9.62. The van der Waals surface area contributed by atoms with Crippen LogP contribution in [0.5, 0.6) is 0 Å². The summed E-state index contributed by atoms with van der Waals surface area (Å²) in [5.41, 5.74) is 4.17. The maximum atomic E-state index is 4.70. The van der Waals surface area contributed by atoms with E-state index in [0.29, 0.717) is 5.92 Å². The molecule has 26 heavy (non-hydrogen) atoms. The van der Waals surface area contributed by atoms with Gasteiger partial charge in [0.05, 0.1) is 18.1 Å². The van der Waals surface area contributed by atoms with Crippen molar-refractivity contribution in [2.24, 2.45) is 17.4 Å². The van der Waals surface area contributed by atoms with Gasteiger partial charge in [0, 0.05) is 55.8 Å². The quantitative estimate of drug-likeness (QED) is 0.685. The average Bonchev–Trinajstić information content (AvgIpc) is 3.42. The largest absolute Gasteiger partial charge is 0.353 e. The molecule has 0 spiro atoms. The van der Waals surface area contributed by atoms with Crippen molar-refractivity contribution in [1.82, 2.24) is 29.5 Å². The molecule has 8 nitrogen and oxygen atoms in total. The van der Waals surface area contributed by atoms with Gasteiger partial charge in [-0.05, 0) is 24.9 Å². The van der Waals surface area contributed by atoms with Crippen LogP contribution in [0, 0.1) is 5.92 Å². The highest BCUT2D eigenvalue weighted by Crippen LogP contribution is 2.31. The molecule has 3 aromatic heterocycles. The highest BCUT2D eigenvalue weighted by molar-refractivity contribution is 7.99. The Hall–Kier alpha value is -2.39. The van der Waals surface area contributed by atoms with Crippen LogP contribution in [-0.4, -0.2) is 48.3 Å². The summed E-state index contributed by atoms with van der Waals surface area (Å²) in [6.07, 6.45) is 11.6. The van der Waals surface area contributed by atoms with Crippen molar-refractivity contribution >= 4 is 29.1 Å². The molecule has 1 fully saturated rings. The smallest absolute Gasteiger partial charge is 0.180 e. The fourth-order valence-electron chi connectivity index (χ4n) is 3.59. The number of aromatic nitrogens is 5. The van der Waals surface area contributed by atoms with Crippen LogP contribution in [0.1, 0.15) is 12.8 Å². The standard InChI is InChI=1S/C17H20N8S/c1-24-10-12(8-21-24)14-9-20-17-16(19-4-5-25(14)17)22-15-6-13(23-26-15)11-2-3-18-7-11/h4-5,8-11,15,18H,2-3,6-7H2,1H3,(H,19,22). The first-order chi connectivity index (χ1) is 12.8. The maximum absolute atomic E-state index is 4.70. The molecule has 3 aromatic rings. The van der Waals surface area contributed by atoms with E-state index in [2.05, 4.69) is 30.1 Å². The average molecular weight is 368 g/mol. The van der Waals surface area contributed by atoms with E-state index >= 15 is 0 Å². The molecule has 1 saturated heterocycles. The highest BCUT2D eigenvalue weighted by atomic mass is 32.2. The number of nitrogens with zero attached hydrogens (tertiary/aromatic N) is 6. The van der Waals surface area contributed by atoms with Crippen LogP contribution in [0.4, 0.5) is 5.82 Å². The van der Waals surface area contributed by atoms with Gasteiger partial charge in [-0.1, -0.05) is 0 Å². The molecule has 2 aliphatic rings. The molecule has 2 unspecified atom stereocenters. The van der Waals surface area contributed by atoms with Gasteiger partial charge >= 0.3 is 0 Å². The number of rotatable bonds is 4. The van der Waals surface area contributed by atoms with Crippen LogP contribution in [0.3, 0.4) is 0 Å². The van der Waals surface area contributed by atoms with E-state index in [-0.39, 0.29) is 5.37 Å². The number of anilines is 1. The molecule has 5 rings (SSSR count). The fourth-order valence-corrected chi connectivity index (χ4v) is 4.49. The number of hydrogen-bond acceptors (Lipinski definition) is 7. The predicted octanol–water partition coefficient (Wildman–Crippen LogP) is 1.97. The molecule has 2 aliphatic heterocycles. The number of nitrogens with one attached hydrogen (secondary N) is 2. The number of fused-ring (bicyclic) bond motifs is 1. The summed E-state index contributed by atoms with van der Waals surface area (Å²) in [6, 6.07) is 0. The Kier molecular flexibility index (Phi) is 3.90. The summed E-state index contributed by atoms with van der Waals surface area (Å²) in [4.78, 5) is 9.10. The van der Waals surface area contributed by atoms with Gasteiger partial charge in [-0.15, -0.1) is 0 Å². The second kappa shape index (κ2) is 6.40. The third-order valence-corrected chi connectivity index (χ3v) is 5.83. The highest BCUT2D eigenvalue weighted by Gasteiger charge is 2.28. The van der Waals surface area contributed by atoms with Crippen LogP contribution in [0.25, 0.3) is 16.9 Å². The Morgan fingerprint density at radius 1 is 1.31 bits per heavy atom. The molecule has 0 bridgehead atoms. The van der Waals surface area contributed by atoms with Crippen molar-refractivity contribution in [3.05, 3.63) is 31.0 Å². The summed E-state index contributed by atoms with van der Waals surface area (Å²) >= 11 is 1.61. The molecule has 134 valence electrons. The molecule has 0 saturated carbocycles. The van der Waals surface area contributed by atoms with Gasteiger partial charge in [-0.25, -0.2) is 14.4 Å². The lowest BCUT2D eigenvalue weighted by Gasteiger charge is -2.13. The van der Waals surface area contributed by atoms with E-state index in [1.165, 1.54) is 12.1 Å². The minimum atomic E-state index is 0.211. The van der Waals surface area contributed by atoms with Crippen LogP contribution in [0.15, 0.2) is 35.4 Å². The van der Waals surface area contributed by atoms with Gasteiger partial charge in [0.15, 0.2) is 11.5 Å². The van der Waals surface area contributed by atoms with Gasteiger partial charge < -0.3 is 10.6 Å². The zero-order valence-corrected chi connectivity index (χ0v) is 15.3. The molecule has 0 radical (unpaired) electrons. The van der Waals surface area contributed by atoms with Crippen LogP contribution in [0.2, 0.25) is 0 Å². The van der Waals surface area contributed by atoms with E-state index in [1.54, 1.807) is 22.8 Å². The first kappa shape index (κ1) is 15.8. The van der Waals surface area contributed by atoms with Crippen molar-refractivity contribution in [3.63, 3.8) is 0 Å². The second-order valence-electron chi connectivity index (χ2n) is 6.73. The Morgan fingerprint density at radius 3 is 3.08 bits per heavy atom. The normalized spacial score (nSPS) is 22.9. The second-order valence-corrected chi connectivity index (χ2v) is 7.69. The van der Waals surface area contributed by atoms with Crippen LogP contribution < -0.4 is 10.6 Å². The topological polar surface area (TPSA) is 84.4 Å². The minimum Gasteiger partial charge on any atom is -0.353 e. The summed E-state index contributed by atoms with van der Waals surface area (Å²) in [7, 11) is 1.91. The number of aryl methyl sites for hydroxylation is 1. The van der Waals surface area contributed by atoms with E-state index in [9.17, 15) is 0 Å². The lowest BCUT2D eigenvalue weighted by Crippen LogP contribution is -2.21. The van der Waals surface area contributed by atoms with E-state index in [4.69, 9.17) is 4.40 Å². The lowest BCUT2D eigenvalue weighted by molar-refractivity contribution is 0.754. The van der Waals surface area contributed by atoms with Gasteiger partial charge in [0.1, 0.15) is 5.37 Å². The summed E-state index contributed by atoms with van der Waals surface area (Å²) < 4.78 is 8.54. The van der Waals surface area contributed by atoms with Crippen LogP contribution in [-0.2, 0) is 7.05 Å². The monoisotopic (exact) mass is 368 g/mol. The van der Waals surface area contributed by atoms with E-state index < -0.39 is 0 Å². The molecule has 9 heteroatoms. The lowest BCUT2D eigenvalue weighted by atomic mass is 10.0. The van der Waals surface area contributed by atoms with Crippen molar-refractivity contribution in [1.29, 1.82) is 0 Å². The first-order valence-electron chi connectivity index (χ1n) is 8.79. The van der Waals surface area contributed by atoms with Crippen molar-refractivity contribution in [3.8, 4) is 11.3 Å². The molecule has 2 atom stereocenters. The van der Waals surface area contributed by atoms with Crippen LogP contribution >= 0.6 is 11.9 Å². The van der Waals surface area contributed by atoms with Crippen molar-refractivity contribution in [2.45, 2.75) is 18.2 Å². The Balaban J connectivity index is 1.38.